The molecule has 0 saturated heterocycles. The van der Waals surface area contributed by atoms with Gasteiger partial charge in [0, 0.05) is 11.0 Å². The largest absolute Gasteiger partial charge is 0.402 e. The van der Waals surface area contributed by atoms with Crippen LogP contribution in [0.15, 0.2) is 21.5 Å². The average Bonchev–Trinajstić information content (AvgIpc) is 2.29. The van der Waals surface area contributed by atoms with Gasteiger partial charge in [0.1, 0.15) is 12.4 Å². The van der Waals surface area contributed by atoms with Gasteiger partial charge in [-0.3, -0.25) is 0 Å². The summed E-state index contributed by atoms with van der Waals surface area (Å²) in [7, 11) is -4.43. The standard InChI is InChI=1S/C10H11BrF4N2O2S/c1-2-17(5-10(13,14)15)20(18,19)9-4-8(16)7(12)3-6(9)11/h3-4H,2,5,16H2,1H3. The van der Waals surface area contributed by atoms with E-state index in [2.05, 4.69) is 15.9 Å². The number of rotatable bonds is 4. The van der Waals surface area contributed by atoms with Crippen molar-refractivity contribution in [3.05, 3.63) is 22.4 Å². The highest BCUT2D eigenvalue weighted by molar-refractivity contribution is 9.10. The second-order valence-electron chi connectivity index (χ2n) is 3.85. The summed E-state index contributed by atoms with van der Waals surface area (Å²) in [4.78, 5) is -0.512. The lowest BCUT2D eigenvalue weighted by molar-refractivity contribution is -0.135. The summed E-state index contributed by atoms with van der Waals surface area (Å²) in [5.41, 5.74) is 4.79. The van der Waals surface area contributed by atoms with Crippen LogP contribution < -0.4 is 5.73 Å². The number of nitrogen functional groups attached to an aromatic ring is 1. The van der Waals surface area contributed by atoms with E-state index in [1.807, 2.05) is 0 Å². The normalized spacial score (nSPS) is 12.9. The van der Waals surface area contributed by atoms with Crippen molar-refractivity contribution in [3.63, 3.8) is 0 Å². The van der Waals surface area contributed by atoms with Crippen molar-refractivity contribution in [2.75, 3.05) is 18.8 Å². The average molecular weight is 379 g/mol. The second kappa shape index (κ2) is 5.86. The van der Waals surface area contributed by atoms with Crippen LogP contribution in [-0.2, 0) is 10.0 Å². The van der Waals surface area contributed by atoms with Crippen LogP contribution in [0.1, 0.15) is 6.92 Å². The third kappa shape index (κ3) is 3.83. The Hall–Kier alpha value is -0.870. The second-order valence-corrected chi connectivity index (χ2v) is 6.61. The topological polar surface area (TPSA) is 63.4 Å². The first-order valence-corrected chi connectivity index (χ1v) is 7.53. The number of halogens is 5. The molecule has 0 aliphatic rings. The molecule has 0 aliphatic heterocycles. The number of anilines is 1. The zero-order chi connectivity index (χ0) is 15.7. The van der Waals surface area contributed by atoms with Gasteiger partial charge in [-0.2, -0.15) is 17.5 Å². The number of nitrogens with two attached hydrogens (primary N) is 1. The first kappa shape index (κ1) is 17.2. The molecule has 20 heavy (non-hydrogen) atoms. The Balaban J connectivity index is 3.31. The van der Waals surface area contributed by atoms with Gasteiger partial charge < -0.3 is 5.73 Å². The Bertz CT molecular complexity index is 604. The van der Waals surface area contributed by atoms with Crippen molar-refractivity contribution in [2.45, 2.75) is 18.0 Å². The predicted molar refractivity (Wildman–Crippen MR) is 69.0 cm³/mol. The Morgan fingerprint density at radius 1 is 1.35 bits per heavy atom. The SMILES string of the molecule is CCN(CC(F)(F)F)S(=O)(=O)c1cc(N)c(F)cc1Br. The molecule has 0 fully saturated rings. The van der Waals surface area contributed by atoms with Crippen LogP contribution in [0.2, 0.25) is 0 Å². The molecule has 0 unspecified atom stereocenters. The van der Waals surface area contributed by atoms with Crippen LogP contribution in [0.25, 0.3) is 0 Å². The monoisotopic (exact) mass is 378 g/mol. The lowest BCUT2D eigenvalue weighted by atomic mass is 10.3. The molecule has 0 spiro atoms. The molecule has 0 atom stereocenters. The van der Waals surface area contributed by atoms with Crippen molar-refractivity contribution in [1.29, 1.82) is 0 Å². The van der Waals surface area contributed by atoms with Crippen LogP contribution in [0.3, 0.4) is 0 Å². The summed E-state index contributed by atoms with van der Waals surface area (Å²) in [5.74, 6) is -0.866. The summed E-state index contributed by atoms with van der Waals surface area (Å²) >= 11 is 2.81. The fraction of sp³-hybridized carbons (Fsp3) is 0.400. The summed E-state index contributed by atoms with van der Waals surface area (Å²) < 4.78 is 74.6. The minimum Gasteiger partial charge on any atom is -0.396 e. The van der Waals surface area contributed by atoms with Gasteiger partial charge in [-0.1, -0.05) is 6.92 Å². The number of hydrogen-bond acceptors (Lipinski definition) is 3. The molecule has 4 nitrogen and oxygen atoms in total. The third-order valence-electron chi connectivity index (χ3n) is 2.38. The van der Waals surface area contributed by atoms with Crippen LogP contribution in [-0.4, -0.2) is 32.0 Å². The highest BCUT2D eigenvalue weighted by atomic mass is 79.9. The molecule has 0 bridgehead atoms. The summed E-state index contributed by atoms with van der Waals surface area (Å²) in [6, 6.07) is 1.58. The smallest absolute Gasteiger partial charge is 0.396 e. The van der Waals surface area contributed by atoms with Gasteiger partial charge >= 0.3 is 6.18 Å². The van der Waals surface area contributed by atoms with Crippen LogP contribution in [0.5, 0.6) is 0 Å². The molecule has 1 aromatic carbocycles. The number of alkyl halides is 3. The molecule has 2 N–H and O–H groups in total. The van der Waals surface area contributed by atoms with Crippen molar-refractivity contribution in [1.82, 2.24) is 4.31 Å². The van der Waals surface area contributed by atoms with E-state index in [0.717, 1.165) is 12.1 Å². The minimum atomic E-state index is -4.68. The van der Waals surface area contributed by atoms with Crippen molar-refractivity contribution < 1.29 is 26.0 Å². The zero-order valence-electron chi connectivity index (χ0n) is 10.2. The molecule has 0 aromatic heterocycles. The molecular formula is C10H11BrF4N2O2S. The molecule has 10 heteroatoms. The number of sulfonamides is 1. The van der Waals surface area contributed by atoms with Gasteiger partial charge in [0.05, 0.1) is 10.6 Å². The molecule has 0 aliphatic carbocycles. The van der Waals surface area contributed by atoms with Crippen molar-refractivity contribution in [3.8, 4) is 0 Å². The fourth-order valence-corrected chi connectivity index (χ4v) is 3.89. The predicted octanol–water partition coefficient (Wildman–Crippen LogP) is 2.74. The maximum atomic E-state index is 13.2. The molecule has 0 radical (unpaired) electrons. The molecule has 1 rings (SSSR count). The minimum absolute atomic E-state index is 0.190. The van der Waals surface area contributed by atoms with Gasteiger partial charge in [-0.05, 0) is 28.1 Å². The molecule has 0 heterocycles. The quantitative estimate of drug-likeness (QED) is 0.647. The molecule has 1 aromatic rings. The number of benzene rings is 1. The van der Waals surface area contributed by atoms with Crippen LogP contribution >= 0.6 is 15.9 Å². The van der Waals surface area contributed by atoms with E-state index < -0.39 is 39.1 Å². The van der Waals surface area contributed by atoms with Gasteiger partial charge in [0.2, 0.25) is 10.0 Å². The van der Waals surface area contributed by atoms with Gasteiger partial charge in [0.25, 0.3) is 0 Å². The van der Waals surface area contributed by atoms with Crippen LogP contribution in [0.4, 0.5) is 23.2 Å². The third-order valence-corrected chi connectivity index (χ3v) is 5.26. The first-order valence-electron chi connectivity index (χ1n) is 5.30. The fourth-order valence-electron chi connectivity index (χ4n) is 1.45. The van der Waals surface area contributed by atoms with E-state index in [0.29, 0.717) is 0 Å². The molecule has 114 valence electrons. The zero-order valence-corrected chi connectivity index (χ0v) is 12.6. The van der Waals surface area contributed by atoms with Crippen LogP contribution in [0, 0.1) is 5.82 Å². The Morgan fingerprint density at radius 3 is 2.35 bits per heavy atom. The molecule has 0 saturated carbocycles. The number of hydrogen-bond donors (Lipinski definition) is 1. The Kier molecular flexibility index (Phi) is 5.03. The maximum absolute atomic E-state index is 13.2. The van der Waals surface area contributed by atoms with Crippen molar-refractivity contribution in [2.24, 2.45) is 0 Å². The summed E-state index contributed by atoms with van der Waals surface area (Å²) in [5, 5.41) is 0. The lowest BCUT2D eigenvalue weighted by Crippen LogP contribution is -2.38. The van der Waals surface area contributed by atoms with Gasteiger partial charge in [-0.25, -0.2) is 12.8 Å². The highest BCUT2D eigenvalue weighted by Crippen LogP contribution is 2.30. The van der Waals surface area contributed by atoms with E-state index in [4.69, 9.17) is 5.73 Å². The summed E-state index contributed by atoms with van der Waals surface area (Å²) in [6.45, 7) is -0.745. The molecule has 0 amide bonds. The van der Waals surface area contributed by atoms with E-state index in [-0.39, 0.29) is 15.3 Å². The number of nitrogens with zero attached hydrogens (tertiary/aromatic N) is 1. The lowest BCUT2D eigenvalue weighted by Gasteiger charge is -2.22. The Labute approximate surface area is 121 Å². The van der Waals surface area contributed by atoms with E-state index >= 15 is 0 Å². The van der Waals surface area contributed by atoms with Gasteiger partial charge in [0.15, 0.2) is 0 Å². The first-order chi connectivity index (χ1) is 8.99. The van der Waals surface area contributed by atoms with E-state index in [1.54, 1.807) is 0 Å². The van der Waals surface area contributed by atoms with E-state index in [1.165, 1.54) is 6.92 Å². The Morgan fingerprint density at radius 2 is 1.90 bits per heavy atom. The maximum Gasteiger partial charge on any atom is 0.402 e. The summed E-state index contributed by atoms with van der Waals surface area (Å²) in [6.07, 6.45) is -4.68. The van der Waals surface area contributed by atoms with Gasteiger partial charge in [-0.15, -0.1) is 0 Å². The molecular weight excluding hydrogens is 368 g/mol. The van der Waals surface area contributed by atoms with E-state index in [9.17, 15) is 26.0 Å². The highest BCUT2D eigenvalue weighted by Gasteiger charge is 2.37. The van der Waals surface area contributed by atoms with Crippen molar-refractivity contribution >= 4 is 31.6 Å².